The van der Waals surface area contributed by atoms with Crippen molar-refractivity contribution in [2.24, 2.45) is 0 Å². The van der Waals surface area contributed by atoms with Gasteiger partial charge in [0.05, 0.1) is 13.2 Å². The maximum Gasteiger partial charge on any atom is 0.251 e. The van der Waals surface area contributed by atoms with Crippen molar-refractivity contribution in [2.75, 3.05) is 19.8 Å². The summed E-state index contributed by atoms with van der Waals surface area (Å²) in [6.07, 6.45) is 2.13. The molecule has 4 heteroatoms. The molecule has 0 heterocycles. The molecule has 0 aromatic heterocycles. The second-order valence-corrected chi connectivity index (χ2v) is 6.03. The minimum absolute atomic E-state index is 0.107. The number of hydrogen-bond acceptors (Lipinski definition) is 3. The van der Waals surface area contributed by atoms with Gasteiger partial charge < -0.3 is 14.8 Å². The lowest BCUT2D eigenvalue weighted by Crippen LogP contribution is -2.28. The first-order valence-corrected chi connectivity index (χ1v) is 8.82. The molecule has 2 aromatic rings. The summed E-state index contributed by atoms with van der Waals surface area (Å²) in [5.74, 6) is 1.55. The van der Waals surface area contributed by atoms with Gasteiger partial charge in [0.15, 0.2) is 0 Å². The Morgan fingerprint density at radius 3 is 2.48 bits per heavy atom. The topological polar surface area (TPSA) is 47.6 Å². The van der Waals surface area contributed by atoms with Gasteiger partial charge in [0.1, 0.15) is 18.1 Å². The third kappa shape index (κ3) is 5.82. The molecule has 0 fully saturated rings. The normalized spacial score (nSPS) is 10.4. The second-order valence-electron chi connectivity index (χ2n) is 6.03. The first-order chi connectivity index (χ1) is 12.1. The molecule has 0 unspecified atom stereocenters. The molecule has 0 atom stereocenters. The molecule has 2 rings (SSSR count). The number of unbranched alkanes of at least 4 members (excludes halogenated alkanes) is 1. The molecule has 4 nitrogen and oxygen atoms in total. The van der Waals surface area contributed by atoms with Crippen molar-refractivity contribution in [2.45, 2.75) is 33.6 Å². The maximum absolute atomic E-state index is 12.1. The largest absolute Gasteiger partial charge is 0.494 e. The van der Waals surface area contributed by atoms with E-state index in [-0.39, 0.29) is 5.91 Å². The van der Waals surface area contributed by atoms with Crippen LogP contribution >= 0.6 is 0 Å². The number of rotatable bonds is 9. The highest BCUT2D eigenvalue weighted by molar-refractivity contribution is 5.94. The van der Waals surface area contributed by atoms with Crippen LogP contribution in [-0.2, 0) is 0 Å². The summed E-state index contributed by atoms with van der Waals surface area (Å²) in [6, 6.07) is 13.2. The van der Waals surface area contributed by atoms with E-state index in [0.717, 1.165) is 29.9 Å². The lowest BCUT2D eigenvalue weighted by molar-refractivity contribution is 0.0947. The van der Waals surface area contributed by atoms with Gasteiger partial charge in [-0.1, -0.05) is 25.5 Å². The van der Waals surface area contributed by atoms with Crippen LogP contribution in [0.25, 0.3) is 0 Å². The highest BCUT2D eigenvalue weighted by Gasteiger charge is 2.06. The highest BCUT2D eigenvalue weighted by atomic mass is 16.5. The summed E-state index contributed by atoms with van der Waals surface area (Å²) in [5, 5.41) is 2.87. The van der Waals surface area contributed by atoms with E-state index in [4.69, 9.17) is 9.47 Å². The smallest absolute Gasteiger partial charge is 0.251 e. The molecule has 25 heavy (non-hydrogen) atoms. The molecular weight excluding hydrogens is 314 g/mol. The number of carbonyl (C=O) groups is 1. The Balaban J connectivity index is 1.75. The van der Waals surface area contributed by atoms with Crippen molar-refractivity contribution in [1.29, 1.82) is 0 Å². The average Bonchev–Trinajstić information content (AvgIpc) is 2.62. The predicted octanol–water partition coefficient (Wildman–Crippen LogP) is 4.29. The Bertz CT molecular complexity index is 680. The summed E-state index contributed by atoms with van der Waals surface area (Å²) >= 11 is 0. The van der Waals surface area contributed by atoms with Gasteiger partial charge >= 0.3 is 0 Å². The molecule has 2 aromatic carbocycles. The number of benzene rings is 2. The molecule has 0 aliphatic carbocycles. The zero-order chi connectivity index (χ0) is 18.1. The third-order valence-electron chi connectivity index (χ3n) is 4.08. The zero-order valence-corrected chi connectivity index (χ0v) is 15.3. The molecule has 0 saturated carbocycles. The van der Waals surface area contributed by atoms with E-state index in [1.807, 2.05) is 31.2 Å². The van der Waals surface area contributed by atoms with Crippen molar-refractivity contribution < 1.29 is 14.3 Å². The van der Waals surface area contributed by atoms with Crippen LogP contribution in [0.15, 0.2) is 42.5 Å². The molecule has 1 amide bonds. The van der Waals surface area contributed by atoms with E-state index in [2.05, 4.69) is 25.2 Å². The predicted molar refractivity (Wildman–Crippen MR) is 101 cm³/mol. The van der Waals surface area contributed by atoms with Crippen LogP contribution in [0.5, 0.6) is 11.5 Å². The van der Waals surface area contributed by atoms with Crippen LogP contribution in [0, 0.1) is 13.8 Å². The van der Waals surface area contributed by atoms with Gasteiger partial charge in [-0.15, -0.1) is 0 Å². The molecule has 1 N–H and O–H groups in total. The zero-order valence-electron chi connectivity index (χ0n) is 15.3. The van der Waals surface area contributed by atoms with Crippen LogP contribution in [0.2, 0.25) is 0 Å². The van der Waals surface area contributed by atoms with Crippen LogP contribution in [0.3, 0.4) is 0 Å². The van der Waals surface area contributed by atoms with Crippen molar-refractivity contribution >= 4 is 5.91 Å². The van der Waals surface area contributed by atoms with Crippen LogP contribution in [0.1, 0.15) is 41.3 Å². The molecule has 0 bridgehead atoms. The molecule has 0 spiro atoms. The summed E-state index contributed by atoms with van der Waals surface area (Å²) in [6.45, 7) is 7.82. The fourth-order valence-corrected chi connectivity index (χ4v) is 2.35. The highest BCUT2D eigenvalue weighted by Crippen LogP contribution is 2.20. The summed E-state index contributed by atoms with van der Waals surface area (Å²) in [5.41, 5.74) is 2.95. The van der Waals surface area contributed by atoms with Gasteiger partial charge in [-0.05, 0) is 61.7 Å². The SMILES string of the molecule is CCCCOc1ccc(C(=O)NCCOc2cccc(C)c2C)cc1. The number of aryl methyl sites for hydroxylation is 1. The fourth-order valence-electron chi connectivity index (χ4n) is 2.35. The van der Waals surface area contributed by atoms with Crippen molar-refractivity contribution in [3.63, 3.8) is 0 Å². The van der Waals surface area contributed by atoms with Crippen molar-refractivity contribution in [1.82, 2.24) is 5.32 Å². The Morgan fingerprint density at radius 1 is 1.00 bits per heavy atom. The number of carbonyl (C=O) groups excluding carboxylic acids is 1. The van der Waals surface area contributed by atoms with E-state index in [9.17, 15) is 4.79 Å². The number of ether oxygens (including phenoxy) is 2. The molecule has 0 radical (unpaired) electrons. The van der Waals surface area contributed by atoms with Crippen LogP contribution < -0.4 is 14.8 Å². The fraction of sp³-hybridized carbons (Fsp3) is 0.381. The number of amides is 1. The Kier molecular flexibility index (Phi) is 7.33. The Labute approximate surface area is 150 Å². The van der Waals surface area contributed by atoms with E-state index < -0.39 is 0 Å². The first-order valence-electron chi connectivity index (χ1n) is 8.82. The minimum Gasteiger partial charge on any atom is -0.494 e. The van der Waals surface area contributed by atoms with E-state index in [0.29, 0.717) is 25.3 Å². The van der Waals surface area contributed by atoms with Crippen LogP contribution in [-0.4, -0.2) is 25.7 Å². The van der Waals surface area contributed by atoms with Gasteiger partial charge in [-0.25, -0.2) is 0 Å². The van der Waals surface area contributed by atoms with E-state index in [1.165, 1.54) is 5.56 Å². The van der Waals surface area contributed by atoms with E-state index in [1.54, 1.807) is 12.1 Å². The van der Waals surface area contributed by atoms with Crippen molar-refractivity contribution in [3.05, 3.63) is 59.2 Å². The quantitative estimate of drug-likeness (QED) is 0.692. The summed E-state index contributed by atoms with van der Waals surface area (Å²) in [4.78, 5) is 12.1. The maximum atomic E-state index is 12.1. The Hall–Kier alpha value is -2.49. The minimum atomic E-state index is -0.107. The van der Waals surface area contributed by atoms with E-state index >= 15 is 0 Å². The molecule has 0 aliphatic heterocycles. The third-order valence-corrected chi connectivity index (χ3v) is 4.08. The second kappa shape index (κ2) is 9.72. The summed E-state index contributed by atoms with van der Waals surface area (Å²) in [7, 11) is 0. The van der Waals surface area contributed by atoms with Crippen LogP contribution in [0.4, 0.5) is 0 Å². The van der Waals surface area contributed by atoms with Gasteiger partial charge in [0.2, 0.25) is 0 Å². The average molecular weight is 341 g/mol. The molecular formula is C21H27NO3. The lowest BCUT2D eigenvalue weighted by atomic mass is 10.1. The van der Waals surface area contributed by atoms with Gasteiger partial charge in [0, 0.05) is 5.56 Å². The van der Waals surface area contributed by atoms with Gasteiger partial charge in [-0.2, -0.15) is 0 Å². The molecule has 0 aliphatic rings. The van der Waals surface area contributed by atoms with Gasteiger partial charge in [0.25, 0.3) is 5.91 Å². The Morgan fingerprint density at radius 2 is 1.76 bits per heavy atom. The molecule has 0 saturated heterocycles. The monoisotopic (exact) mass is 341 g/mol. The van der Waals surface area contributed by atoms with Crippen molar-refractivity contribution in [3.8, 4) is 11.5 Å². The number of hydrogen-bond donors (Lipinski definition) is 1. The molecule has 134 valence electrons. The number of nitrogens with one attached hydrogen (secondary N) is 1. The van der Waals surface area contributed by atoms with Gasteiger partial charge in [-0.3, -0.25) is 4.79 Å². The standard InChI is InChI=1S/C21H27NO3/c1-4-5-14-24-19-11-9-18(10-12-19)21(23)22-13-15-25-20-8-6-7-16(2)17(20)3/h6-12H,4-5,13-15H2,1-3H3,(H,22,23). The first kappa shape index (κ1) is 18.8. The lowest BCUT2D eigenvalue weighted by Gasteiger charge is -2.11. The summed E-state index contributed by atoms with van der Waals surface area (Å²) < 4.78 is 11.3.